The summed E-state index contributed by atoms with van der Waals surface area (Å²) in [5, 5.41) is 0. The lowest BCUT2D eigenvalue weighted by molar-refractivity contribution is -0.119. The number of carbonyl (C=O) groups excluding carboxylic acids is 1. The van der Waals surface area contributed by atoms with E-state index in [4.69, 9.17) is 9.47 Å². The summed E-state index contributed by atoms with van der Waals surface area (Å²) < 4.78 is 10.7. The highest BCUT2D eigenvalue weighted by Gasteiger charge is 2.27. The van der Waals surface area contributed by atoms with E-state index in [1.807, 2.05) is 25.1 Å². The average molecular weight is 297 g/mol. The van der Waals surface area contributed by atoms with Gasteiger partial charge in [0.15, 0.2) is 11.5 Å². The predicted molar refractivity (Wildman–Crippen MR) is 78.8 cm³/mol. The zero-order valence-electron chi connectivity index (χ0n) is 12.2. The fourth-order valence-electron chi connectivity index (χ4n) is 2.88. The molecular weight excluding hydrogens is 282 g/mol. The zero-order valence-corrected chi connectivity index (χ0v) is 12.2. The number of aryl methyl sites for hydroxylation is 1. The first kappa shape index (κ1) is 13.1. The molecule has 6 heteroatoms. The Balaban J connectivity index is 1.68. The summed E-state index contributed by atoms with van der Waals surface area (Å²) in [5.41, 5.74) is 2.98. The minimum absolute atomic E-state index is 0.0864. The van der Waals surface area contributed by atoms with Crippen LogP contribution >= 0.6 is 0 Å². The number of hydrogen-bond donors (Lipinski definition) is 0. The third kappa shape index (κ3) is 2.07. The first-order valence-electron chi connectivity index (χ1n) is 7.22. The van der Waals surface area contributed by atoms with E-state index in [1.54, 1.807) is 4.90 Å². The van der Waals surface area contributed by atoms with Gasteiger partial charge in [-0.25, -0.2) is 9.97 Å². The summed E-state index contributed by atoms with van der Waals surface area (Å²) in [5.74, 6) is 2.28. The molecule has 0 radical (unpaired) electrons. The Bertz CT molecular complexity index is 760. The molecule has 1 aromatic heterocycles. The van der Waals surface area contributed by atoms with E-state index in [1.165, 1.54) is 6.33 Å². The van der Waals surface area contributed by atoms with E-state index >= 15 is 0 Å². The number of carbonyl (C=O) groups is 1. The maximum atomic E-state index is 12.3. The van der Waals surface area contributed by atoms with Gasteiger partial charge in [0, 0.05) is 17.7 Å². The minimum atomic E-state index is 0.0864. The van der Waals surface area contributed by atoms with Crippen molar-refractivity contribution in [3.63, 3.8) is 0 Å². The number of benzene rings is 1. The van der Waals surface area contributed by atoms with Gasteiger partial charge in [-0.3, -0.25) is 9.69 Å². The van der Waals surface area contributed by atoms with E-state index in [0.717, 1.165) is 34.1 Å². The van der Waals surface area contributed by atoms with Crippen molar-refractivity contribution in [3.05, 3.63) is 41.3 Å². The number of fused-ring (bicyclic) bond motifs is 2. The molecule has 0 atom stereocenters. The van der Waals surface area contributed by atoms with Gasteiger partial charge in [-0.1, -0.05) is 6.07 Å². The molecule has 112 valence electrons. The summed E-state index contributed by atoms with van der Waals surface area (Å²) in [6.45, 7) is 2.67. The summed E-state index contributed by atoms with van der Waals surface area (Å²) in [6, 6.07) is 5.74. The smallest absolute Gasteiger partial charge is 0.231 e. The Hall–Kier alpha value is -2.63. The van der Waals surface area contributed by atoms with Crippen molar-refractivity contribution in [2.45, 2.75) is 26.3 Å². The number of aromatic nitrogens is 2. The van der Waals surface area contributed by atoms with E-state index < -0.39 is 0 Å². The van der Waals surface area contributed by atoms with Gasteiger partial charge in [0.2, 0.25) is 12.7 Å². The average Bonchev–Trinajstić information content (AvgIpc) is 2.98. The number of rotatable bonds is 2. The minimum Gasteiger partial charge on any atom is -0.454 e. The lowest BCUT2D eigenvalue weighted by Crippen LogP contribution is -2.35. The van der Waals surface area contributed by atoms with Crippen LogP contribution in [0.4, 0.5) is 5.82 Å². The molecule has 22 heavy (non-hydrogen) atoms. The molecule has 0 bridgehead atoms. The Kier molecular flexibility index (Phi) is 2.96. The van der Waals surface area contributed by atoms with E-state index in [9.17, 15) is 4.79 Å². The SMILES string of the molecule is Cc1ncnc2c1CCC(=O)N2Cc1ccc2c(c1)OCO2. The van der Waals surface area contributed by atoms with Crippen LogP contribution in [0.15, 0.2) is 24.5 Å². The highest BCUT2D eigenvalue weighted by molar-refractivity contribution is 5.95. The summed E-state index contributed by atoms with van der Waals surface area (Å²) in [6.07, 6.45) is 2.71. The third-order valence-corrected chi connectivity index (χ3v) is 4.06. The fourth-order valence-corrected chi connectivity index (χ4v) is 2.88. The van der Waals surface area contributed by atoms with Crippen LogP contribution in [0.2, 0.25) is 0 Å². The van der Waals surface area contributed by atoms with Crippen LogP contribution in [0.25, 0.3) is 0 Å². The maximum absolute atomic E-state index is 12.3. The highest BCUT2D eigenvalue weighted by Crippen LogP contribution is 2.34. The molecule has 0 aliphatic carbocycles. The Morgan fingerprint density at radius 3 is 2.95 bits per heavy atom. The summed E-state index contributed by atoms with van der Waals surface area (Å²) in [7, 11) is 0. The lowest BCUT2D eigenvalue weighted by atomic mass is 10.0. The molecule has 0 unspecified atom stereocenters. The van der Waals surface area contributed by atoms with Crippen molar-refractivity contribution < 1.29 is 14.3 Å². The Labute approximate surface area is 127 Å². The molecule has 0 saturated carbocycles. The quantitative estimate of drug-likeness (QED) is 0.848. The van der Waals surface area contributed by atoms with Gasteiger partial charge >= 0.3 is 0 Å². The van der Waals surface area contributed by atoms with Crippen molar-refractivity contribution in [1.29, 1.82) is 0 Å². The molecule has 6 nitrogen and oxygen atoms in total. The second kappa shape index (κ2) is 4.98. The monoisotopic (exact) mass is 297 g/mol. The molecule has 2 aliphatic rings. The normalized spacial score (nSPS) is 15.9. The van der Waals surface area contributed by atoms with Gasteiger partial charge in [-0.05, 0) is 31.0 Å². The molecule has 2 aromatic rings. The summed E-state index contributed by atoms with van der Waals surface area (Å²) >= 11 is 0. The van der Waals surface area contributed by atoms with Gasteiger partial charge in [0.05, 0.1) is 6.54 Å². The van der Waals surface area contributed by atoms with Crippen molar-refractivity contribution in [1.82, 2.24) is 9.97 Å². The molecule has 0 saturated heterocycles. The van der Waals surface area contributed by atoms with E-state index in [0.29, 0.717) is 19.4 Å². The number of nitrogens with zero attached hydrogens (tertiary/aromatic N) is 3. The van der Waals surface area contributed by atoms with Gasteiger partial charge < -0.3 is 9.47 Å². The van der Waals surface area contributed by atoms with E-state index in [2.05, 4.69) is 9.97 Å². The van der Waals surface area contributed by atoms with Crippen LogP contribution in [0.5, 0.6) is 11.5 Å². The second-order valence-electron chi connectivity index (χ2n) is 5.43. The predicted octanol–water partition coefficient (Wildman–Crippen LogP) is 1.99. The molecule has 3 heterocycles. The van der Waals surface area contributed by atoms with Crippen LogP contribution < -0.4 is 14.4 Å². The van der Waals surface area contributed by atoms with Crippen LogP contribution in [-0.2, 0) is 17.8 Å². The van der Waals surface area contributed by atoms with Crippen molar-refractivity contribution in [2.75, 3.05) is 11.7 Å². The highest BCUT2D eigenvalue weighted by atomic mass is 16.7. The van der Waals surface area contributed by atoms with Crippen molar-refractivity contribution >= 4 is 11.7 Å². The molecule has 1 amide bonds. The standard InChI is InChI=1S/C16H15N3O3/c1-10-12-3-5-15(20)19(16(12)18-8-17-10)7-11-2-4-13-14(6-11)22-9-21-13/h2,4,6,8H,3,5,7,9H2,1H3. The van der Waals surface area contributed by atoms with Gasteiger partial charge in [0.25, 0.3) is 0 Å². The van der Waals surface area contributed by atoms with Crippen molar-refractivity contribution in [3.8, 4) is 11.5 Å². The molecule has 2 aliphatic heterocycles. The molecule has 0 spiro atoms. The lowest BCUT2D eigenvalue weighted by Gasteiger charge is -2.28. The number of anilines is 1. The van der Waals surface area contributed by atoms with Gasteiger partial charge in [-0.15, -0.1) is 0 Å². The third-order valence-electron chi connectivity index (χ3n) is 4.06. The maximum Gasteiger partial charge on any atom is 0.231 e. The van der Waals surface area contributed by atoms with Crippen molar-refractivity contribution in [2.24, 2.45) is 0 Å². The second-order valence-corrected chi connectivity index (χ2v) is 5.43. The van der Waals surface area contributed by atoms with Crippen LogP contribution in [0.1, 0.15) is 23.2 Å². The Morgan fingerprint density at radius 2 is 2.05 bits per heavy atom. The number of ether oxygens (including phenoxy) is 2. The van der Waals surface area contributed by atoms with Gasteiger partial charge in [-0.2, -0.15) is 0 Å². The van der Waals surface area contributed by atoms with E-state index in [-0.39, 0.29) is 12.7 Å². The molecule has 0 N–H and O–H groups in total. The Morgan fingerprint density at radius 1 is 1.18 bits per heavy atom. The zero-order chi connectivity index (χ0) is 15.1. The van der Waals surface area contributed by atoms with Crippen LogP contribution in [-0.4, -0.2) is 22.7 Å². The van der Waals surface area contributed by atoms with Crippen LogP contribution in [0, 0.1) is 6.92 Å². The molecule has 1 aromatic carbocycles. The molecular formula is C16H15N3O3. The van der Waals surface area contributed by atoms with Crippen LogP contribution in [0.3, 0.4) is 0 Å². The topological polar surface area (TPSA) is 64.6 Å². The first-order chi connectivity index (χ1) is 10.7. The van der Waals surface area contributed by atoms with Gasteiger partial charge in [0.1, 0.15) is 12.1 Å². The number of amides is 1. The largest absolute Gasteiger partial charge is 0.454 e. The molecule has 0 fully saturated rings. The number of hydrogen-bond acceptors (Lipinski definition) is 5. The fraction of sp³-hybridized carbons (Fsp3) is 0.312. The summed E-state index contributed by atoms with van der Waals surface area (Å²) in [4.78, 5) is 22.6. The first-order valence-corrected chi connectivity index (χ1v) is 7.22. The molecule has 4 rings (SSSR count).